The van der Waals surface area contributed by atoms with Crippen LogP contribution in [0.15, 0.2) is 70.6 Å². The Labute approximate surface area is 151 Å². The highest BCUT2D eigenvalue weighted by Gasteiger charge is 2.18. The van der Waals surface area contributed by atoms with Crippen molar-refractivity contribution in [2.75, 3.05) is 11.5 Å². The summed E-state index contributed by atoms with van der Waals surface area (Å²) in [7, 11) is 0. The molecule has 0 bridgehead atoms. The van der Waals surface area contributed by atoms with Crippen molar-refractivity contribution in [2.24, 2.45) is 9.98 Å². The Hall–Kier alpha value is -3.40. The first-order valence-electron chi connectivity index (χ1n) is 8.68. The Balaban J connectivity index is 1.40. The number of fused-ring (bicyclic) bond motifs is 2. The summed E-state index contributed by atoms with van der Waals surface area (Å²) in [6, 6.07) is 20.3. The van der Waals surface area contributed by atoms with Gasteiger partial charge in [0.1, 0.15) is 0 Å². The molecular weight excluding hydrogens is 320 g/mol. The predicted octanol–water partition coefficient (Wildman–Crippen LogP) is 4.20. The van der Waals surface area contributed by atoms with Gasteiger partial charge in [-0.05, 0) is 58.7 Å². The van der Waals surface area contributed by atoms with Crippen LogP contribution in [0.2, 0.25) is 0 Å². The number of anilines is 2. The highest BCUT2D eigenvalue weighted by molar-refractivity contribution is 6.09. The summed E-state index contributed by atoms with van der Waals surface area (Å²) in [4.78, 5) is 9.50. The molecule has 4 nitrogen and oxygen atoms in total. The molecule has 3 aromatic rings. The number of nitrogens with zero attached hydrogens (tertiary/aromatic N) is 2. The first kappa shape index (κ1) is 14.9. The van der Waals surface area contributed by atoms with Crippen molar-refractivity contribution in [3.05, 3.63) is 82.9 Å². The van der Waals surface area contributed by atoms with Gasteiger partial charge in [0.15, 0.2) is 0 Å². The van der Waals surface area contributed by atoms with Crippen LogP contribution in [0.4, 0.5) is 22.7 Å². The van der Waals surface area contributed by atoms with Gasteiger partial charge in [0, 0.05) is 24.2 Å². The Morgan fingerprint density at radius 1 is 0.577 bits per heavy atom. The first-order chi connectivity index (χ1) is 12.7. The van der Waals surface area contributed by atoms with Crippen molar-refractivity contribution in [1.82, 2.24) is 0 Å². The molecule has 4 N–H and O–H groups in total. The zero-order valence-corrected chi connectivity index (χ0v) is 14.2. The third kappa shape index (κ3) is 2.47. The van der Waals surface area contributed by atoms with Crippen molar-refractivity contribution in [1.29, 1.82) is 0 Å². The molecular formula is C22H18N4. The van der Waals surface area contributed by atoms with Crippen LogP contribution in [-0.4, -0.2) is 11.4 Å². The van der Waals surface area contributed by atoms with E-state index in [4.69, 9.17) is 21.5 Å². The fourth-order valence-electron chi connectivity index (χ4n) is 3.63. The van der Waals surface area contributed by atoms with Gasteiger partial charge in [0.05, 0.1) is 22.8 Å². The molecule has 0 saturated carbocycles. The van der Waals surface area contributed by atoms with Crippen molar-refractivity contribution < 1.29 is 0 Å². The Bertz CT molecular complexity index is 1000. The molecule has 0 fully saturated rings. The lowest BCUT2D eigenvalue weighted by Crippen LogP contribution is -2.04. The molecule has 26 heavy (non-hydrogen) atoms. The molecule has 0 aliphatic carbocycles. The summed E-state index contributed by atoms with van der Waals surface area (Å²) in [5, 5.41) is 0. The maximum Gasteiger partial charge on any atom is 0.0670 e. The molecule has 0 radical (unpaired) electrons. The van der Waals surface area contributed by atoms with Crippen LogP contribution in [0.5, 0.6) is 0 Å². The zero-order valence-electron chi connectivity index (χ0n) is 14.2. The second kappa shape index (κ2) is 5.56. The quantitative estimate of drug-likeness (QED) is 0.687. The number of rotatable bonds is 2. The molecule has 4 heteroatoms. The lowest BCUT2D eigenvalue weighted by Gasteiger charge is -2.04. The SMILES string of the molecule is Nc1ccc2c(c1)CC(c1ccc(C3=Nc4ccc(N)cc4C3)cc1)=N2. The van der Waals surface area contributed by atoms with Gasteiger partial charge in [-0.2, -0.15) is 0 Å². The summed E-state index contributed by atoms with van der Waals surface area (Å²) in [5.74, 6) is 0. The molecule has 0 atom stereocenters. The zero-order chi connectivity index (χ0) is 17.7. The minimum Gasteiger partial charge on any atom is -0.399 e. The molecule has 2 aliphatic rings. The van der Waals surface area contributed by atoms with Gasteiger partial charge in [-0.15, -0.1) is 0 Å². The van der Waals surface area contributed by atoms with Crippen molar-refractivity contribution >= 4 is 34.2 Å². The van der Waals surface area contributed by atoms with Crippen LogP contribution < -0.4 is 11.5 Å². The Morgan fingerprint density at radius 3 is 1.42 bits per heavy atom. The van der Waals surface area contributed by atoms with E-state index >= 15 is 0 Å². The van der Waals surface area contributed by atoms with Gasteiger partial charge >= 0.3 is 0 Å². The van der Waals surface area contributed by atoms with Gasteiger partial charge < -0.3 is 11.5 Å². The Morgan fingerprint density at radius 2 is 1.00 bits per heavy atom. The maximum absolute atomic E-state index is 5.88. The number of nitrogens with two attached hydrogens (primary N) is 2. The second-order valence-electron chi connectivity index (χ2n) is 6.82. The molecule has 126 valence electrons. The standard InChI is InChI=1S/C22H18N4/c23-17-5-7-19-15(9-17)11-21(25-19)13-1-2-14(4-3-13)22-12-16-10-18(24)6-8-20(16)26-22/h1-10H,11-12,23-24H2. The fraction of sp³-hybridized carbons (Fsp3) is 0.0909. The van der Waals surface area contributed by atoms with Gasteiger partial charge in [-0.1, -0.05) is 24.3 Å². The minimum atomic E-state index is 0.787. The topological polar surface area (TPSA) is 76.8 Å². The highest BCUT2D eigenvalue weighted by atomic mass is 14.8. The van der Waals surface area contributed by atoms with E-state index in [2.05, 4.69) is 24.3 Å². The number of nitrogen functional groups attached to an aromatic ring is 2. The van der Waals surface area contributed by atoms with Gasteiger partial charge in [0.25, 0.3) is 0 Å². The van der Waals surface area contributed by atoms with Crippen LogP contribution in [0.3, 0.4) is 0 Å². The molecule has 2 heterocycles. The van der Waals surface area contributed by atoms with Crippen molar-refractivity contribution in [2.45, 2.75) is 12.8 Å². The number of benzene rings is 3. The summed E-state index contributed by atoms with van der Waals surface area (Å²) < 4.78 is 0. The molecule has 3 aromatic carbocycles. The van der Waals surface area contributed by atoms with Crippen molar-refractivity contribution in [3.63, 3.8) is 0 Å². The molecule has 0 spiro atoms. The largest absolute Gasteiger partial charge is 0.399 e. The lowest BCUT2D eigenvalue weighted by molar-refractivity contribution is 1.38. The first-order valence-corrected chi connectivity index (χ1v) is 8.68. The number of hydrogen-bond acceptors (Lipinski definition) is 4. The maximum atomic E-state index is 5.88. The second-order valence-corrected chi connectivity index (χ2v) is 6.82. The lowest BCUT2D eigenvalue weighted by atomic mass is 9.99. The minimum absolute atomic E-state index is 0.787. The smallest absolute Gasteiger partial charge is 0.0670 e. The van der Waals surface area contributed by atoms with E-state index < -0.39 is 0 Å². The van der Waals surface area contributed by atoms with Crippen LogP contribution in [0, 0.1) is 0 Å². The average molecular weight is 338 g/mol. The van der Waals surface area contributed by atoms with E-state index in [9.17, 15) is 0 Å². The van der Waals surface area contributed by atoms with E-state index in [-0.39, 0.29) is 0 Å². The third-order valence-electron chi connectivity index (χ3n) is 4.99. The van der Waals surface area contributed by atoms with Crippen molar-refractivity contribution in [3.8, 4) is 0 Å². The number of aliphatic imine (C=N–C) groups is 2. The summed E-state index contributed by atoms with van der Waals surface area (Å²) in [5.41, 5.74) is 22.2. The fourth-order valence-corrected chi connectivity index (χ4v) is 3.63. The van der Waals surface area contributed by atoms with Gasteiger partial charge in [-0.25, -0.2) is 0 Å². The number of hydrogen-bond donors (Lipinski definition) is 2. The molecule has 0 amide bonds. The van der Waals surface area contributed by atoms with E-state index in [0.29, 0.717) is 0 Å². The normalized spacial score (nSPS) is 14.6. The van der Waals surface area contributed by atoms with E-state index in [1.165, 1.54) is 11.1 Å². The molecule has 5 rings (SSSR count). The average Bonchev–Trinajstić information content (AvgIpc) is 3.25. The summed E-state index contributed by atoms with van der Waals surface area (Å²) in [6.07, 6.45) is 1.65. The monoisotopic (exact) mass is 338 g/mol. The third-order valence-corrected chi connectivity index (χ3v) is 4.99. The van der Waals surface area contributed by atoms with Crippen LogP contribution in [0.25, 0.3) is 0 Å². The van der Waals surface area contributed by atoms with Crippen LogP contribution in [0.1, 0.15) is 22.3 Å². The molecule has 2 aliphatic heterocycles. The predicted molar refractivity (Wildman–Crippen MR) is 108 cm³/mol. The molecule has 0 unspecified atom stereocenters. The van der Waals surface area contributed by atoms with E-state index in [1.807, 2.05) is 36.4 Å². The van der Waals surface area contributed by atoms with E-state index in [0.717, 1.165) is 58.1 Å². The van der Waals surface area contributed by atoms with Crippen LogP contribution >= 0.6 is 0 Å². The molecule has 0 aromatic heterocycles. The van der Waals surface area contributed by atoms with Gasteiger partial charge in [0.2, 0.25) is 0 Å². The Kier molecular flexibility index (Phi) is 3.19. The molecule has 0 saturated heterocycles. The highest BCUT2D eigenvalue weighted by Crippen LogP contribution is 2.32. The van der Waals surface area contributed by atoms with Gasteiger partial charge in [-0.3, -0.25) is 9.98 Å². The summed E-state index contributed by atoms with van der Waals surface area (Å²) in [6.45, 7) is 0. The van der Waals surface area contributed by atoms with E-state index in [1.54, 1.807) is 0 Å². The summed E-state index contributed by atoms with van der Waals surface area (Å²) >= 11 is 0. The van der Waals surface area contributed by atoms with Crippen LogP contribution in [-0.2, 0) is 12.8 Å².